The Hall–Kier alpha value is -1.56. The first-order chi connectivity index (χ1) is 11.0. The van der Waals surface area contributed by atoms with E-state index >= 15 is 0 Å². The van der Waals surface area contributed by atoms with Gasteiger partial charge in [-0.15, -0.1) is 0 Å². The molecule has 1 saturated heterocycles. The number of amides is 1. The second-order valence-corrected chi connectivity index (χ2v) is 7.21. The molecule has 3 nitrogen and oxygen atoms in total. The highest BCUT2D eigenvalue weighted by atomic mass is 19.4. The van der Waals surface area contributed by atoms with E-state index < -0.39 is 11.7 Å². The van der Waals surface area contributed by atoms with Crippen LogP contribution in [-0.2, 0) is 17.4 Å². The van der Waals surface area contributed by atoms with Gasteiger partial charge in [-0.25, -0.2) is 0 Å². The van der Waals surface area contributed by atoms with Crippen molar-refractivity contribution < 1.29 is 18.0 Å². The van der Waals surface area contributed by atoms with Crippen LogP contribution in [-0.4, -0.2) is 48.4 Å². The molecule has 0 aromatic heterocycles. The summed E-state index contributed by atoms with van der Waals surface area (Å²) in [5, 5.41) is 0. The lowest BCUT2D eigenvalue weighted by atomic mass is 9.88. The lowest BCUT2D eigenvalue weighted by molar-refractivity contribution is -0.137. The minimum absolute atomic E-state index is 0.0445. The molecule has 6 heteroatoms. The highest BCUT2D eigenvalue weighted by molar-refractivity contribution is 5.78. The van der Waals surface area contributed by atoms with E-state index in [4.69, 9.17) is 0 Å². The summed E-state index contributed by atoms with van der Waals surface area (Å²) in [7, 11) is 3.85. The number of rotatable bonds is 4. The molecule has 0 bridgehead atoms. The zero-order chi connectivity index (χ0) is 18.1. The second-order valence-electron chi connectivity index (χ2n) is 7.21. The SMILES string of the molecule is CN(C[C@H]1CCN(C)C1(C)C)C(=O)Cc1ccc(C(F)(F)F)cc1. The molecule has 2 rings (SSSR count). The van der Waals surface area contributed by atoms with Gasteiger partial charge in [0.1, 0.15) is 0 Å². The number of likely N-dealkylation sites (N-methyl/N-ethyl adjacent to an activating group) is 1. The summed E-state index contributed by atoms with van der Waals surface area (Å²) in [6.45, 7) is 6.03. The largest absolute Gasteiger partial charge is 0.416 e. The van der Waals surface area contributed by atoms with Gasteiger partial charge in [-0.05, 0) is 57.5 Å². The summed E-state index contributed by atoms with van der Waals surface area (Å²) in [5.41, 5.74) is -0.0476. The number of hydrogen-bond donors (Lipinski definition) is 0. The molecule has 0 aliphatic carbocycles. The highest BCUT2D eigenvalue weighted by Gasteiger charge is 2.39. The van der Waals surface area contributed by atoms with E-state index in [1.54, 1.807) is 11.9 Å². The van der Waals surface area contributed by atoms with Gasteiger partial charge in [0.15, 0.2) is 0 Å². The topological polar surface area (TPSA) is 23.6 Å². The van der Waals surface area contributed by atoms with Crippen LogP contribution >= 0.6 is 0 Å². The fraction of sp³-hybridized carbons (Fsp3) is 0.611. The maximum atomic E-state index is 12.6. The molecule has 0 unspecified atom stereocenters. The average molecular weight is 342 g/mol. The molecule has 0 spiro atoms. The Morgan fingerprint density at radius 1 is 1.29 bits per heavy atom. The van der Waals surface area contributed by atoms with Gasteiger partial charge in [0.2, 0.25) is 5.91 Å². The predicted octanol–water partition coefficient (Wildman–Crippen LogP) is 3.44. The minimum Gasteiger partial charge on any atom is -0.345 e. The summed E-state index contributed by atoms with van der Waals surface area (Å²) in [5.74, 6) is 0.323. The van der Waals surface area contributed by atoms with Crippen molar-refractivity contribution in [2.24, 2.45) is 5.92 Å². The first-order valence-electron chi connectivity index (χ1n) is 8.13. The average Bonchev–Trinajstić information content (AvgIpc) is 2.73. The molecule has 1 aromatic rings. The molecule has 1 aliphatic rings. The number of benzene rings is 1. The van der Waals surface area contributed by atoms with Crippen molar-refractivity contribution in [2.45, 2.75) is 38.4 Å². The number of carbonyl (C=O) groups excluding carboxylic acids is 1. The van der Waals surface area contributed by atoms with Gasteiger partial charge in [0.25, 0.3) is 0 Å². The van der Waals surface area contributed by atoms with Gasteiger partial charge in [0.05, 0.1) is 12.0 Å². The van der Waals surface area contributed by atoms with Gasteiger partial charge < -0.3 is 9.80 Å². The molecule has 0 radical (unpaired) electrons. The number of likely N-dealkylation sites (tertiary alicyclic amines) is 1. The van der Waals surface area contributed by atoms with Gasteiger partial charge in [-0.3, -0.25) is 4.79 Å². The highest BCUT2D eigenvalue weighted by Crippen LogP contribution is 2.33. The Morgan fingerprint density at radius 2 is 1.88 bits per heavy atom. The molecule has 134 valence electrons. The van der Waals surface area contributed by atoms with Crippen LogP contribution < -0.4 is 0 Å². The van der Waals surface area contributed by atoms with Crippen LogP contribution in [0.25, 0.3) is 0 Å². The molecule has 0 N–H and O–H groups in total. The second kappa shape index (κ2) is 6.75. The first-order valence-corrected chi connectivity index (χ1v) is 8.13. The van der Waals surface area contributed by atoms with E-state index in [1.165, 1.54) is 12.1 Å². The van der Waals surface area contributed by atoms with Crippen molar-refractivity contribution in [1.29, 1.82) is 0 Å². The molecule has 1 heterocycles. The first kappa shape index (κ1) is 18.8. The van der Waals surface area contributed by atoms with Gasteiger partial charge in [-0.1, -0.05) is 12.1 Å². The molecule has 1 atom stereocenters. The van der Waals surface area contributed by atoms with Crippen molar-refractivity contribution in [3.8, 4) is 0 Å². The van der Waals surface area contributed by atoms with E-state index in [0.29, 0.717) is 18.0 Å². The lowest BCUT2D eigenvalue weighted by Gasteiger charge is -2.35. The zero-order valence-corrected chi connectivity index (χ0v) is 14.7. The van der Waals surface area contributed by atoms with E-state index in [2.05, 4.69) is 25.8 Å². The Morgan fingerprint density at radius 3 is 2.33 bits per heavy atom. The van der Waals surface area contributed by atoms with Crippen LogP contribution in [0.15, 0.2) is 24.3 Å². The molecule has 1 aliphatic heterocycles. The molecule has 24 heavy (non-hydrogen) atoms. The maximum Gasteiger partial charge on any atom is 0.416 e. The predicted molar refractivity (Wildman–Crippen MR) is 87.6 cm³/mol. The summed E-state index contributed by atoms with van der Waals surface area (Å²) in [4.78, 5) is 16.4. The van der Waals surface area contributed by atoms with Crippen molar-refractivity contribution in [2.75, 3.05) is 27.2 Å². The summed E-state index contributed by atoms with van der Waals surface area (Å²) in [6.07, 6.45) is -3.18. The van der Waals surface area contributed by atoms with Crippen molar-refractivity contribution in [3.63, 3.8) is 0 Å². The Balaban J connectivity index is 1.95. The Bertz CT molecular complexity index is 581. The summed E-state index contributed by atoms with van der Waals surface area (Å²) >= 11 is 0. The van der Waals surface area contributed by atoms with Crippen molar-refractivity contribution >= 4 is 5.91 Å². The summed E-state index contributed by atoms with van der Waals surface area (Å²) < 4.78 is 37.7. The molecular weight excluding hydrogens is 317 g/mol. The Labute approximate surface area is 141 Å². The number of alkyl halides is 3. The van der Waals surface area contributed by atoms with Crippen molar-refractivity contribution in [3.05, 3.63) is 35.4 Å². The van der Waals surface area contributed by atoms with Crippen LogP contribution in [0.3, 0.4) is 0 Å². The van der Waals surface area contributed by atoms with E-state index in [9.17, 15) is 18.0 Å². The molecule has 1 amide bonds. The van der Waals surface area contributed by atoms with Crippen molar-refractivity contribution in [1.82, 2.24) is 9.80 Å². The zero-order valence-electron chi connectivity index (χ0n) is 14.7. The van der Waals surface area contributed by atoms with E-state index in [0.717, 1.165) is 25.1 Å². The fourth-order valence-electron chi connectivity index (χ4n) is 3.17. The number of halogens is 3. The number of carbonyl (C=O) groups is 1. The number of hydrogen-bond acceptors (Lipinski definition) is 2. The minimum atomic E-state index is -4.35. The van der Waals surface area contributed by atoms with Crippen LogP contribution in [0, 0.1) is 5.92 Å². The number of nitrogens with zero attached hydrogens (tertiary/aromatic N) is 2. The van der Waals surface area contributed by atoms with Crippen LogP contribution in [0.4, 0.5) is 13.2 Å². The van der Waals surface area contributed by atoms with Crippen LogP contribution in [0.1, 0.15) is 31.4 Å². The molecule has 0 saturated carbocycles. The summed E-state index contributed by atoms with van der Waals surface area (Å²) in [6, 6.07) is 4.80. The Kier molecular flexibility index (Phi) is 5.28. The third kappa shape index (κ3) is 4.09. The standard InChI is InChI=1S/C18H25F3N2O/c1-17(2)15(9-10-23(17)4)12-22(3)16(24)11-13-5-7-14(8-6-13)18(19,20)21/h5-8,15H,9-12H2,1-4H3/t15-/m1/s1. The van der Waals surface area contributed by atoms with E-state index in [1.807, 2.05) is 0 Å². The third-order valence-electron chi connectivity index (χ3n) is 5.35. The molecule has 1 fully saturated rings. The normalized spacial score (nSPS) is 21.0. The van der Waals surface area contributed by atoms with Crippen LogP contribution in [0.5, 0.6) is 0 Å². The maximum absolute atomic E-state index is 12.6. The van der Waals surface area contributed by atoms with Gasteiger partial charge in [0, 0.05) is 19.1 Å². The van der Waals surface area contributed by atoms with Crippen LogP contribution in [0.2, 0.25) is 0 Å². The quantitative estimate of drug-likeness (QED) is 0.837. The molecule has 1 aromatic carbocycles. The van der Waals surface area contributed by atoms with E-state index in [-0.39, 0.29) is 17.9 Å². The third-order valence-corrected chi connectivity index (χ3v) is 5.35. The lowest BCUT2D eigenvalue weighted by Crippen LogP contribution is -2.45. The van der Waals surface area contributed by atoms with Gasteiger partial charge in [-0.2, -0.15) is 13.2 Å². The molecular formula is C18H25F3N2O. The smallest absolute Gasteiger partial charge is 0.345 e. The fourth-order valence-corrected chi connectivity index (χ4v) is 3.17. The monoisotopic (exact) mass is 342 g/mol. The van der Waals surface area contributed by atoms with Gasteiger partial charge >= 0.3 is 6.18 Å².